The molecule has 0 aliphatic heterocycles. The van der Waals surface area contributed by atoms with Crippen LogP contribution < -0.4 is 4.90 Å². The van der Waals surface area contributed by atoms with Crippen LogP contribution in [0.4, 0.5) is 5.82 Å². The molecule has 0 aliphatic carbocycles. The Morgan fingerprint density at radius 3 is 2.94 bits per heavy atom. The first-order chi connectivity index (χ1) is 8.60. The van der Waals surface area contributed by atoms with E-state index >= 15 is 0 Å². The molecule has 0 fully saturated rings. The van der Waals surface area contributed by atoms with Crippen LogP contribution in [0.15, 0.2) is 24.8 Å². The quantitative estimate of drug-likeness (QED) is 0.769. The van der Waals surface area contributed by atoms with E-state index in [-0.39, 0.29) is 10.7 Å². The van der Waals surface area contributed by atoms with Crippen molar-refractivity contribution in [2.24, 2.45) is 0 Å². The number of nitrogens with zero attached hydrogens (tertiary/aromatic N) is 2. The molecule has 1 aromatic rings. The lowest BCUT2D eigenvalue weighted by Crippen LogP contribution is -2.28. The van der Waals surface area contributed by atoms with Gasteiger partial charge in [-0.3, -0.25) is 0 Å². The van der Waals surface area contributed by atoms with Gasteiger partial charge in [0.25, 0.3) is 0 Å². The second-order valence-corrected chi connectivity index (χ2v) is 3.94. The summed E-state index contributed by atoms with van der Waals surface area (Å²) in [4.78, 5) is 16.9. The van der Waals surface area contributed by atoms with E-state index in [0.29, 0.717) is 25.5 Å². The second kappa shape index (κ2) is 6.98. The minimum Gasteiger partial charge on any atom is -0.476 e. The summed E-state index contributed by atoms with van der Waals surface area (Å²) >= 11 is 5.77. The second-order valence-electron chi connectivity index (χ2n) is 3.53. The number of hydrogen-bond donors (Lipinski definition) is 1. The van der Waals surface area contributed by atoms with Gasteiger partial charge in [-0.05, 0) is 12.1 Å². The van der Waals surface area contributed by atoms with Crippen LogP contribution >= 0.6 is 11.6 Å². The zero-order valence-corrected chi connectivity index (χ0v) is 10.9. The minimum atomic E-state index is -1.15. The van der Waals surface area contributed by atoms with Gasteiger partial charge in [-0.1, -0.05) is 17.7 Å². The van der Waals surface area contributed by atoms with Gasteiger partial charge in [0.1, 0.15) is 5.82 Å². The number of rotatable bonds is 7. The van der Waals surface area contributed by atoms with Gasteiger partial charge in [-0.15, -0.1) is 6.58 Å². The molecule has 0 unspecified atom stereocenters. The highest BCUT2D eigenvalue weighted by molar-refractivity contribution is 6.33. The molecule has 0 bridgehead atoms. The summed E-state index contributed by atoms with van der Waals surface area (Å²) in [5.41, 5.74) is -0.152. The third kappa shape index (κ3) is 3.72. The van der Waals surface area contributed by atoms with E-state index in [4.69, 9.17) is 21.4 Å². The lowest BCUT2D eigenvalue weighted by atomic mass is 10.3. The van der Waals surface area contributed by atoms with Gasteiger partial charge >= 0.3 is 5.97 Å². The highest BCUT2D eigenvalue weighted by Crippen LogP contribution is 2.19. The van der Waals surface area contributed by atoms with Crippen LogP contribution in [-0.4, -0.2) is 42.9 Å². The molecule has 98 valence electrons. The van der Waals surface area contributed by atoms with Crippen molar-refractivity contribution in [3.8, 4) is 0 Å². The van der Waals surface area contributed by atoms with Gasteiger partial charge < -0.3 is 14.7 Å². The standard InChI is InChI=1S/C12H15ClN2O3/c1-3-6-15(7-8-18-2)10-5-4-9(13)11(14-10)12(16)17/h3-5H,1,6-8H2,2H3,(H,16,17). The fourth-order valence-corrected chi connectivity index (χ4v) is 1.60. The Balaban J connectivity index is 3.00. The van der Waals surface area contributed by atoms with Crippen molar-refractivity contribution in [3.63, 3.8) is 0 Å². The van der Waals surface area contributed by atoms with E-state index in [1.54, 1.807) is 19.3 Å². The average Bonchev–Trinajstić information content (AvgIpc) is 2.35. The summed E-state index contributed by atoms with van der Waals surface area (Å²) in [5.74, 6) is -0.610. The zero-order chi connectivity index (χ0) is 13.5. The smallest absolute Gasteiger partial charge is 0.356 e. The molecular formula is C12H15ClN2O3. The molecule has 0 saturated heterocycles. The van der Waals surface area contributed by atoms with Crippen LogP contribution in [0.3, 0.4) is 0 Å². The van der Waals surface area contributed by atoms with Crippen molar-refractivity contribution in [2.45, 2.75) is 0 Å². The third-order valence-corrected chi connectivity index (χ3v) is 2.58. The van der Waals surface area contributed by atoms with Gasteiger partial charge in [-0.2, -0.15) is 0 Å². The predicted octanol–water partition coefficient (Wildman–Crippen LogP) is 2.07. The maximum atomic E-state index is 11.0. The zero-order valence-electron chi connectivity index (χ0n) is 10.1. The number of aromatic nitrogens is 1. The molecular weight excluding hydrogens is 256 g/mol. The molecule has 18 heavy (non-hydrogen) atoms. The van der Waals surface area contributed by atoms with Gasteiger partial charge in [-0.25, -0.2) is 9.78 Å². The lowest BCUT2D eigenvalue weighted by molar-refractivity contribution is 0.0691. The van der Waals surface area contributed by atoms with Crippen molar-refractivity contribution in [1.82, 2.24) is 4.98 Å². The highest BCUT2D eigenvalue weighted by atomic mass is 35.5. The van der Waals surface area contributed by atoms with Gasteiger partial charge in [0.05, 0.1) is 11.6 Å². The first kappa shape index (κ1) is 14.5. The summed E-state index contributed by atoms with van der Waals surface area (Å²) in [5, 5.41) is 9.09. The summed E-state index contributed by atoms with van der Waals surface area (Å²) in [6.07, 6.45) is 1.71. The van der Waals surface area contributed by atoms with Crippen molar-refractivity contribution in [1.29, 1.82) is 0 Å². The average molecular weight is 271 g/mol. The van der Waals surface area contributed by atoms with Crippen molar-refractivity contribution in [3.05, 3.63) is 35.5 Å². The molecule has 1 N–H and O–H groups in total. The Hall–Kier alpha value is -1.59. The van der Waals surface area contributed by atoms with Crippen molar-refractivity contribution < 1.29 is 14.6 Å². The summed E-state index contributed by atoms with van der Waals surface area (Å²) in [6, 6.07) is 3.20. The molecule has 0 spiro atoms. The van der Waals surface area contributed by atoms with Gasteiger partial charge in [0.15, 0.2) is 5.69 Å². The van der Waals surface area contributed by atoms with Gasteiger partial charge in [0, 0.05) is 20.2 Å². The first-order valence-electron chi connectivity index (χ1n) is 5.34. The van der Waals surface area contributed by atoms with Crippen molar-refractivity contribution >= 4 is 23.4 Å². The Kier molecular flexibility index (Phi) is 5.61. The molecule has 6 heteroatoms. The minimum absolute atomic E-state index is 0.122. The van der Waals surface area contributed by atoms with E-state index in [2.05, 4.69) is 11.6 Å². The molecule has 0 atom stereocenters. The molecule has 0 aliphatic rings. The maximum absolute atomic E-state index is 11.0. The number of anilines is 1. The van der Waals surface area contributed by atoms with E-state index in [1.807, 2.05) is 4.90 Å². The third-order valence-electron chi connectivity index (χ3n) is 2.27. The fourth-order valence-electron chi connectivity index (χ4n) is 1.41. The fraction of sp³-hybridized carbons (Fsp3) is 0.333. The first-order valence-corrected chi connectivity index (χ1v) is 5.72. The van der Waals surface area contributed by atoms with Crippen LogP contribution in [0.2, 0.25) is 5.02 Å². The van der Waals surface area contributed by atoms with Crippen LogP contribution in [0, 0.1) is 0 Å². The molecule has 0 aromatic carbocycles. The number of carboxylic acids is 1. The van der Waals surface area contributed by atoms with Crippen LogP contribution in [0.5, 0.6) is 0 Å². The summed E-state index contributed by atoms with van der Waals surface area (Å²) in [6.45, 7) is 5.32. The largest absolute Gasteiger partial charge is 0.476 e. The number of methoxy groups -OCH3 is 1. The lowest BCUT2D eigenvalue weighted by Gasteiger charge is -2.22. The molecule has 1 heterocycles. The van der Waals surface area contributed by atoms with E-state index in [0.717, 1.165) is 0 Å². The van der Waals surface area contributed by atoms with E-state index in [1.165, 1.54) is 6.07 Å². The monoisotopic (exact) mass is 270 g/mol. The molecule has 1 rings (SSSR count). The number of halogens is 1. The number of aromatic carboxylic acids is 1. The molecule has 5 nitrogen and oxygen atoms in total. The van der Waals surface area contributed by atoms with Crippen LogP contribution in [0.1, 0.15) is 10.5 Å². The number of carboxylic acid groups (broad SMARTS) is 1. The Labute approximate surface area is 111 Å². The molecule has 1 aromatic heterocycles. The maximum Gasteiger partial charge on any atom is 0.356 e. The normalized spacial score (nSPS) is 10.1. The summed E-state index contributed by atoms with van der Waals surface area (Å²) in [7, 11) is 1.60. The van der Waals surface area contributed by atoms with Crippen molar-refractivity contribution in [2.75, 3.05) is 31.7 Å². The number of pyridine rings is 1. The number of hydrogen-bond acceptors (Lipinski definition) is 4. The van der Waals surface area contributed by atoms with E-state index in [9.17, 15) is 4.79 Å². The van der Waals surface area contributed by atoms with E-state index < -0.39 is 5.97 Å². The number of ether oxygens (including phenoxy) is 1. The SMILES string of the molecule is C=CCN(CCOC)c1ccc(Cl)c(C(=O)O)n1. The Morgan fingerprint density at radius 2 is 2.39 bits per heavy atom. The Morgan fingerprint density at radius 1 is 1.67 bits per heavy atom. The summed E-state index contributed by atoms with van der Waals surface area (Å²) < 4.78 is 5.00. The highest BCUT2D eigenvalue weighted by Gasteiger charge is 2.14. The molecule has 0 saturated carbocycles. The van der Waals surface area contributed by atoms with Gasteiger partial charge in [0.2, 0.25) is 0 Å². The predicted molar refractivity (Wildman–Crippen MR) is 70.5 cm³/mol. The Bertz CT molecular complexity index is 437. The van der Waals surface area contributed by atoms with Crippen LogP contribution in [0.25, 0.3) is 0 Å². The van der Waals surface area contributed by atoms with Crippen LogP contribution in [-0.2, 0) is 4.74 Å². The molecule has 0 radical (unpaired) electrons. The molecule has 0 amide bonds. The number of carbonyl (C=O) groups is 1. The topological polar surface area (TPSA) is 62.7 Å².